The van der Waals surface area contributed by atoms with Gasteiger partial charge in [0.25, 0.3) is 0 Å². The van der Waals surface area contributed by atoms with Gasteiger partial charge in [0, 0.05) is 25.2 Å². The quantitative estimate of drug-likeness (QED) is 0.499. The van der Waals surface area contributed by atoms with Gasteiger partial charge in [0.1, 0.15) is 0 Å². The Balaban J connectivity index is 1.82. The molecule has 0 aliphatic carbocycles. The maximum Gasteiger partial charge on any atom is 0.226 e. The number of carbonyl (C=O) groups excluding carboxylic acids is 1. The van der Waals surface area contributed by atoms with E-state index in [0.29, 0.717) is 6.42 Å². The van der Waals surface area contributed by atoms with Crippen LogP contribution >= 0.6 is 0 Å². The van der Waals surface area contributed by atoms with E-state index in [1.807, 2.05) is 0 Å². The van der Waals surface area contributed by atoms with Crippen molar-refractivity contribution in [3.05, 3.63) is 0 Å². The van der Waals surface area contributed by atoms with Crippen LogP contribution in [-0.2, 0) is 14.9 Å². The fourth-order valence-electron chi connectivity index (χ4n) is 3.32. The smallest absolute Gasteiger partial charge is 0.226 e. The molecule has 0 atom stereocenters. The highest BCUT2D eigenvalue weighted by atomic mass is 32.2. The van der Waals surface area contributed by atoms with Crippen LogP contribution in [0.1, 0.15) is 20.3 Å². The molecular formula is C13H25N3O4S. The molecule has 0 radical (unpaired) electrons. The summed E-state index contributed by atoms with van der Waals surface area (Å²) in [6.07, 6.45) is 0.377. The van der Waals surface area contributed by atoms with Crippen LogP contribution < -0.4 is 5.32 Å². The van der Waals surface area contributed by atoms with Crippen LogP contribution in [0.15, 0.2) is 0 Å². The second-order valence-corrected chi connectivity index (χ2v) is 8.37. The Morgan fingerprint density at radius 3 is 2.24 bits per heavy atom. The van der Waals surface area contributed by atoms with E-state index in [1.54, 1.807) is 13.8 Å². The Labute approximate surface area is 126 Å². The van der Waals surface area contributed by atoms with Crippen molar-refractivity contribution in [1.29, 1.82) is 0 Å². The van der Waals surface area contributed by atoms with Crippen LogP contribution in [0, 0.1) is 0 Å². The molecule has 0 saturated carbocycles. The van der Waals surface area contributed by atoms with E-state index in [-0.39, 0.29) is 5.91 Å². The largest absolute Gasteiger partial charge is 0.748 e. The van der Waals surface area contributed by atoms with Gasteiger partial charge in [-0.3, -0.25) is 9.69 Å². The minimum atomic E-state index is -4.35. The minimum absolute atomic E-state index is 0.177. The summed E-state index contributed by atoms with van der Waals surface area (Å²) < 4.78 is 33.5. The number of quaternary nitrogens is 1. The topological polar surface area (TPSA) is 89.5 Å². The first-order valence-corrected chi connectivity index (χ1v) is 8.99. The molecule has 1 amide bonds. The molecule has 0 unspecified atom stereocenters. The van der Waals surface area contributed by atoms with Gasteiger partial charge in [0.2, 0.25) is 5.91 Å². The van der Waals surface area contributed by atoms with Crippen molar-refractivity contribution in [3.8, 4) is 0 Å². The average molecular weight is 319 g/mol. The molecule has 7 nitrogen and oxygen atoms in total. The summed E-state index contributed by atoms with van der Waals surface area (Å²) in [5.41, 5.74) is -1.02. The normalized spacial score (nSPS) is 29.4. The molecule has 3 aliphatic heterocycles. The standard InChI is InChI=1S/C13H25N3O4S/c1-13(2,11-21(18,19)20)14-12(17)3-7-16-8-4-15(5-9-16)6-10-16/h3-11H2,1-2H3,(H-,14,17,18,19,20). The predicted molar refractivity (Wildman–Crippen MR) is 77.6 cm³/mol. The summed E-state index contributed by atoms with van der Waals surface area (Å²) in [6.45, 7) is 10.5. The molecule has 2 bridgehead atoms. The summed E-state index contributed by atoms with van der Waals surface area (Å²) >= 11 is 0. The third kappa shape index (κ3) is 4.91. The van der Waals surface area contributed by atoms with Crippen molar-refractivity contribution < 1.29 is 22.2 Å². The zero-order valence-electron chi connectivity index (χ0n) is 12.8. The van der Waals surface area contributed by atoms with Gasteiger partial charge in [-0.2, -0.15) is 0 Å². The van der Waals surface area contributed by atoms with E-state index in [9.17, 15) is 17.8 Å². The Bertz CT molecular complexity index is 482. The van der Waals surface area contributed by atoms with E-state index in [2.05, 4.69) is 10.2 Å². The summed E-state index contributed by atoms with van der Waals surface area (Å²) in [5.74, 6) is -0.759. The van der Waals surface area contributed by atoms with Crippen LogP contribution in [0.3, 0.4) is 0 Å². The Morgan fingerprint density at radius 2 is 1.76 bits per heavy atom. The lowest BCUT2D eigenvalue weighted by Crippen LogP contribution is -2.67. The van der Waals surface area contributed by atoms with E-state index in [1.165, 1.54) is 0 Å². The summed E-state index contributed by atoms with van der Waals surface area (Å²) in [7, 11) is -4.35. The molecule has 8 heteroatoms. The van der Waals surface area contributed by atoms with Crippen LogP contribution in [0.5, 0.6) is 0 Å². The minimum Gasteiger partial charge on any atom is -0.748 e. The highest BCUT2D eigenvalue weighted by Crippen LogP contribution is 2.20. The third-order valence-electron chi connectivity index (χ3n) is 4.50. The highest BCUT2D eigenvalue weighted by Gasteiger charge is 2.38. The van der Waals surface area contributed by atoms with E-state index in [4.69, 9.17) is 0 Å². The molecule has 0 aromatic carbocycles. The number of nitrogens with zero attached hydrogens (tertiary/aromatic N) is 2. The number of amides is 1. The highest BCUT2D eigenvalue weighted by molar-refractivity contribution is 7.85. The maximum absolute atomic E-state index is 12.0. The van der Waals surface area contributed by atoms with Crippen LogP contribution in [0.4, 0.5) is 0 Å². The Kier molecular flexibility index (Phi) is 4.63. The number of hydrogen-bond acceptors (Lipinski definition) is 5. The van der Waals surface area contributed by atoms with Gasteiger partial charge < -0.3 is 14.4 Å². The summed E-state index contributed by atoms with van der Waals surface area (Å²) in [6, 6.07) is 0. The number of hydrogen-bond donors (Lipinski definition) is 1. The lowest BCUT2D eigenvalue weighted by Gasteiger charge is -2.50. The molecular weight excluding hydrogens is 294 g/mol. The molecule has 122 valence electrons. The first kappa shape index (κ1) is 16.7. The molecule has 0 aromatic rings. The van der Waals surface area contributed by atoms with Crippen LogP contribution in [-0.4, -0.2) is 85.4 Å². The molecule has 3 aliphatic rings. The molecule has 0 aromatic heterocycles. The number of nitrogens with one attached hydrogen (secondary N) is 1. The zero-order valence-corrected chi connectivity index (χ0v) is 13.6. The monoisotopic (exact) mass is 319 g/mol. The van der Waals surface area contributed by atoms with Crippen molar-refractivity contribution >= 4 is 16.0 Å². The van der Waals surface area contributed by atoms with Gasteiger partial charge in [-0.1, -0.05) is 0 Å². The molecule has 0 spiro atoms. The molecule has 1 N–H and O–H groups in total. The first-order valence-electron chi connectivity index (χ1n) is 7.41. The number of carbonyl (C=O) groups is 1. The summed E-state index contributed by atoms with van der Waals surface area (Å²) in [4.78, 5) is 14.5. The average Bonchev–Trinajstić information content (AvgIpc) is 2.35. The number of fused-ring (bicyclic) bond motifs is 3. The van der Waals surface area contributed by atoms with Gasteiger partial charge >= 0.3 is 0 Å². The van der Waals surface area contributed by atoms with Crippen molar-refractivity contribution in [2.45, 2.75) is 25.8 Å². The Morgan fingerprint density at radius 1 is 1.24 bits per heavy atom. The SMILES string of the molecule is CC(C)(CS(=O)(=O)[O-])NC(=O)CC[N+]12CCN(CC1)CC2. The number of rotatable bonds is 6. The van der Waals surface area contributed by atoms with Gasteiger partial charge in [0.05, 0.1) is 48.5 Å². The second-order valence-electron chi connectivity index (χ2n) is 6.96. The molecule has 3 heterocycles. The predicted octanol–water partition coefficient (Wildman–Crippen LogP) is -1.04. The van der Waals surface area contributed by atoms with Crippen LogP contribution in [0.2, 0.25) is 0 Å². The van der Waals surface area contributed by atoms with E-state index < -0.39 is 21.4 Å². The summed E-state index contributed by atoms with van der Waals surface area (Å²) in [5, 5.41) is 2.67. The fourth-order valence-corrected chi connectivity index (χ4v) is 4.28. The maximum atomic E-state index is 12.0. The molecule has 3 rings (SSSR count). The van der Waals surface area contributed by atoms with Gasteiger partial charge in [0.15, 0.2) is 0 Å². The van der Waals surface area contributed by atoms with Crippen molar-refractivity contribution in [2.24, 2.45) is 0 Å². The van der Waals surface area contributed by atoms with E-state index in [0.717, 1.165) is 50.3 Å². The lowest BCUT2D eigenvalue weighted by molar-refractivity contribution is -0.940. The van der Waals surface area contributed by atoms with Crippen molar-refractivity contribution in [2.75, 3.05) is 51.6 Å². The molecule has 3 fully saturated rings. The fraction of sp³-hybridized carbons (Fsp3) is 0.923. The lowest BCUT2D eigenvalue weighted by atomic mass is 10.1. The zero-order chi connectivity index (χ0) is 15.7. The van der Waals surface area contributed by atoms with Gasteiger partial charge in [-0.05, 0) is 13.8 Å². The van der Waals surface area contributed by atoms with Crippen LogP contribution in [0.25, 0.3) is 0 Å². The first-order chi connectivity index (χ1) is 9.59. The van der Waals surface area contributed by atoms with Crippen molar-refractivity contribution in [1.82, 2.24) is 10.2 Å². The third-order valence-corrected chi connectivity index (χ3v) is 5.58. The van der Waals surface area contributed by atoms with Gasteiger partial charge in [-0.25, -0.2) is 8.42 Å². The van der Waals surface area contributed by atoms with Crippen molar-refractivity contribution in [3.63, 3.8) is 0 Å². The Hall–Kier alpha value is -0.700. The number of piperazine rings is 3. The van der Waals surface area contributed by atoms with E-state index >= 15 is 0 Å². The van der Waals surface area contributed by atoms with Gasteiger partial charge in [-0.15, -0.1) is 0 Å². The molecule has 21 heavy (non-hydrogen) atoms. The molecule has 3 saturated heterocycles. The second kappa shape index (κ2) is 5.83.